The predicted octanol–water partition coefficient (Wildman–Crippen LogP) is -1.97. The van der Waals surface area contributed by atoms with Crippen LogP contribution in [0.3, 0.4) is 0 Å². The highest BCUT2D eigenvalue weighted by Gasteiger charge is 2.39. The van der Waals surface area contributed by atoms with E-state index in [1.54, 1.807) is 0 Å². The quantitative estimate of drug-likeness (QED) is 0.346. The number of amides is 1. The number of carbonyl (C=O) groups is 2. The summed E-state index contributed by atoms with van der Waals surface area (Å²) in [6.07, 6.45) is -0.856. The Bertz CT molecular complexity index is 224. The number of aliphatic hydroxyl groups is 2. The normalized spacial score (nSPS) is 27.8. The number of hydrogen-bond acceptors (Lipinski definition) is 4. The van der Waals surface area contributed by atoms with Gasteiger partial charge >= 0.3 is 5.97 Å². The van der Waals surface area contributed by atoms with Crippen molar-refractivity contribution in [3.8, 4) is 0 Å². The van der Waals surface area contributed by atoms with Gasteiger partial charge in [-0.25, -0.2) is 4.79 Å². The fraction of sp³-hybridized carbons (Fsp3) is 0.667. The highest BCUT2D eigenvalue weighted by atomic mass is 16.5. The molecule has 1 saturated heterocycles. The molecule has 0 aromatic heterocycles. The zero-order valence-corrected chi connectivity index (χ0v) is 6.15. The van der Waals surface area contributed by atoms with Crippen molar-refractivity contribution in [1.82, 2.24) is 5.32 Å². The monoisotopic (exact) mass is 175 g/mol. The molecule has 0 aliphatic carbocycles. The summed E-state index contributed by atoms with van der Waals surface area (Å²) in [5.74, 6) is -4.13. The van der Waals surface area contributed by atoms with Crippen LogP contribution in [0.4, 0.5) is 0 Å². The molecule has 0 spiro atoms. The second-order valence-electron chi connectivity index (χ2n) is 2.82. The summed E-state index contributed by atoms with van der Waals surface area (Å²) < 4.78 is 0. The van der Waals surface area contributed by atoms with E-state index in [0.717, 1.165) is 0 Å². The molecule has 4 N–H and O–H groups in total. The highest BCUT2D eigenvalue weighted by molar-refractivity contribution is 5.85. The third-order valence-electron chi connectivity index (χ3n) is 1.61. The number of carboxylic acids is 1. The van der Waals surface area contributed by atoms with Crippen LogP contribution in [0.5, 0.6) is 0 Å². The Labute approximate surface area is 67.8 Å². The molecule has 0 unspecified atom stereocenters. The van der Waals surface area contributed by atoms with Crippen molar-refractivity contribution in [2.45, 2.75) is 24.7 Å². The van der Waals surface area contributed by atoms with Crippen molar-refractivity contribution in [1.29, 1.82) is 0 Å². The van der Waals surface area contributed by atoms with Crippen LogP contribution < -0.4 is 5.32 Å². The standard InChI is InChI=1S/C6H9NO5/c8-4-2-6(11,12)1-3(7-4)5(9)10/h3,11-12H,1-2H2,(H,7,8)(H,9,10)/t3-/m0/s1. The Morgan fingerprint density at radius 2 is 2.17 bits per heavy atom. The number of carboxylic acid groups (broad SMARTS) is 1. The molecule has 1 atom stereocenters. The number of nitrogens with one attached hydrogen (secondary N) is 1. The van der Waals surface area contributed by atoms with Crippen molar-refractivity contribution in [2.24, 2.45) is 0 Å². The summed E-state index contributed by atoms with van der Waals surface area (Å²) in [6, 6.07) is -1.21. The van der Waals surface area contributed by atoms with E-state index < -0.39 is 30.1 Å². The molecule has 1 fully saturated rings. The molecular weight excluding hydrogens is 166 g/mol. The molecule has 1 heterocycles. The van der Waals surface area contributed by atoms with Gasteiger partial charge in [-0.05, 0) is 0 Å². The van der Waals surface area contributed by atoms with Crippen molar-refractivity contribution in [3.05, 3.63) is 0 Å². The van der Waals surface area contributed by atoms with Gasteiger partial charge in [0.05, 0.1) is 6.42 Å². The van der Waals surface area contributed by atoms with Crippen LogP contribution in [-0.2, 0) is 9.59 Å². The zero-order chi connectivity index (χ0) is 9.35. The van der Waals surface area contributed by atoms with E-state index in [1.807, 2.05) is 0 Å². The Kier molecular flexibility index (Phi) is 2.03. The Hall–Kier alpha value is -1.14. The van der Waals surface area contributed by atoms with Crippen LogP contribution in [-0.4, -0.2) is 39.0 Å². The molecule has 1 amide bonds. The van der Waals surface area contributed by atoms with Crippen LogP contribution in [0.15, 0.2) is 0 Å². The summed E-state index contributed by atoms with van der Waals surface area (Å²) in [6.45, 7) is 0. The van der Waals surface area contributed by atoms with Gasteiger partial charge in [0, 0.05) is 6.42 Å². The van der Waals surface area contributed by atoms with E-state index in [4.69, 9.17) is 15.3 Å². The lowest BCUT2D eigenvalue weighted by molar-refractivity contribution is -0.193. The first-order valence-electron chi connectivity index (χ1n) is 3.38. The average Bonchev–Trinajstić information content (AvgIpc) is 1.82. The fourth-order valence-electron chi connectivity index (χ4n) is 1.10. The summed E-state index contributed by atoms with van der Waals surface area (Å²) >= 11 is 0. The summed E-state index contributed by atoms with van der Waals surface area (Å²) in [7, 11) is 0. The first-order chi connectivity index (χ1) is 5.41. The van der Waals surface area contributed by atoms with E-state index in [0.29, 0.717) is 0 Å². The van der Waals surface area contributed by atoms with E-state index >= 15 is 0 Å². The third-order valence-corrected chi connectivity index (χ3v) is 1.61. The highest BCUT2D eigenvalue weighted by Crippen LogP contribution is 2.18. The second kappa shape index (κ2) is 2.72. The Balaban J connectivity index is 2.70. The molecule has 0 bridgehead atoms. The maximum Gasteiger partial charge on any atom is 0.326 e. The topological polar surface area (TPSA) is 107 Å². The second-order valence-corrected chi connectivity index (χ2v) is 2.82. The van der Waals surface area contributed by atoms with Gasteiger partial charge in [-0.3, -0.25) is 4.79 Å². The van der Waals surface area contributed by atoms with Gasteiger partial charge in [-0.15, -0.1) is 0 Å². The molecule has 6 heteroatoms. The SMILES string of the molecule is O=C1CC(O)(O)C[C@@H](C(=O)O)N1. The van der Waals surface area contributed by atoms with Crippen molar-refractivity contribution >= 4 is 11.9 Å². The lowest BCUT2D eigenvalue weighted by atomic mass is 9.98. The largest absolute Gasteiger partial charge is 0.480 e. The van der Waals surface area contributed by atoms with Crippen LogP contribution in [0.2, 0.25) is 0 Å². The maximum absolute atomic E-state index is 10.7. The summed E-state index contributed by atoms with van der Waals surface area (Å²) in [5, 5.41) is 28.6. The van der Waals surface area contributed by atoms with Gasteiger partial charge in [0.2, 0.25) is 5.91 Å². The Morgan fingerprint density at radius 1 is 1.58 bits per heavy atom. The van der Waals surface area contributed by atoms with E-state index in [-0.39, 0.29) is 6.42 Å². The zero-order valence-electron chi connectivity index (χ0n) is 6.15. The van der Waals surface area contributed by atoms with Crippen LogP contribution in [0, 0.1) is 0 Å². The lowest BCUT2D eigenvalue weighted by Crippen LogP contribution is -2.54. The molecular formula is C6H9NO5. The molecule has 1 aliphatic rings. The van der Waals surface area contributed by atoms with E-state index in [2.05, 4.69) is 5.32 Å². The minimum absolute atomic E-state index is 0.381. The molecule has 6 nitrogen and oxygen atoms in total. The van der Waals surface area contributed by atoms with Gasteiger partial charge in [-0.1, -0.05) is 0 Å². The molecule has 12 heavy (non-hydrogen) atoms. The van der Waals surface area contributed by atoms with E-state index in [1.165, 1.54) is 0 Å². The van der Waals surface area contributed by atoms with Crippen LogP contribution >= 0.6 is 0 Å². The van der Waals surface area contributed by atoms with Gasteiger partial charge in [0.25, 0.3) is 0 Å². The number of rotatable bonds is 1. The predicted molar refractivity (Wildman–Crippen MR) is 36.0 cm³/mol. The van der Waals surface area contributed by atoms with E-state index in [9.17, 15) is 9.59 Å². The number of carbonyl (C=O) groups excluding carboxylic acids is 1. The van der Waals surface area contributed by atoms with Gasteiger partial charge in [-0.2, -0.15) is 0 Å². The molecule has 1 aliphatic heterocycles. The molecule has 0 aromatic rings. The lowest BCUT2D eigenvalue weighted by Gasteiger charge is -2.30. The van der Waals surface area contributed by atoms with Gasteiger partial charge in [0.1, 0.15) is 6.04 Å². The van der Waals surface area contributed by atoms with Crippen LogP contribution in [0.25, 0.3) is 0 Å². The number of hydrogen-bond donors (Lipinski definition) is 4. The molecule has 0 radical (unpaired) electrons. The third kappa shape index (κ3) is 1.93. The van der Waals surface area contributed by atoms with Gasteiger partial charge < -0.3 is 20.6 Å². The fourth-order valence-corrected chi connectivity index (χ4v) is 1.10. The van der Waals surface area contributed by atoms with Gasteiger partial charge in [0.15, 0.2) is 5.79 Å². The van der Waals surface area contributed by atoms with Crippen molar-refractivity contribution < 1.29 is 24.9 Å². The first-order valence-corrected chi connectivity index (χ1v) is 3.38. The molecule has 1 rings (SSSR count). The molecule has 0 saturated carbocycles. The number of piperidine rings is 1. The van der Waals surface area contributed by atoms with Crippen LogP contribution in [0.1, 0.15) is 12.8 Å². The van der Waals surface area contributed by atoms with Crippen molar-refractivity contribution in [3.63, 3.8) is 0 Å². The smallest absolute Gasteiger partial charge is 0.326 e. The minimum atomic E-state index is -2.19. The maximum atomic E-state index is 10.7. The minimum Gasteiger partial charge on any atom is -0.480 e. The molecule has 0 aromatic carbocycles. The first kappa shape index (κ1) is 8.95. The summed E-state index contributed by atoms with van der Waals surface area (Å²) in [5.41, 5.74) is 0. The Morgan fingerprint density at radius 3 is 2.58 bits per heavy atom. The molecule has 68 valence electrons. The van der Waals surface area contributed by atoms with Crippen molar-refractivity contribution in [2.75, 3.05) is 0 Å². The number of aliphatic carboxylic acids is 1. The summed E-state index contributed by atoms with van der Waals surface area (Å²) in [4.78, 5) is 21.0. The average molecular weight is 175 g/mol.